The summed E-state index contributed by atoms with van der Waals surface area (Å²) in [6.07, 6.45) is 0.811. The van der Waals surface area contributed by atoms with E-state index in [1.165, 1.54) is 12.1 Å². The molecule has 0 fully saturated rings. The first kappa shape index (κ1) is 24.6. The first-order chi connectivity index (χ1) is 19.0. The Balaban J connectivity index is 1.56. The third kappa shape index (κ3) is 4.59. The summed E-state index contributed by atoms with van der Waals surface area (Å²) < 4.78 is 19.2. The molecule has 39 heavy (non-hydrogen) atoms. The quantitative estimate of drug-likeness (QED) is 0.315. The monoisotopic (exact) mass is 518 g/mol. The smallest absolute Gasteiger partial charge is 0.259 e. The van der Waals surface area contributed by atoms with Crippen LogP contribution in [0, 0.1) is 5.82 Å². The van der Waals surface area contributed by atoms with Crippen molar-refractivity contribution < 1.29 is 18.7 Å². The predicted molar refractivity (Wildman–Crippen MR) is 149 cm³/mol. The molecule has 1 aliphatic carbocycles. The number of ether oxygens (including phenoxy) is 1. The van der Waals surface area contributed by atoms with Crippen LogP contribution in [0.15, 0.2) is 114 Å². The first-order valence-corrected chi connectivity index (χ1v) is 12.9. The van der Waals surface area contributed by atoms with Crippen LogP contribution >= 0.6 is 0 Å². The molecule has 0 aromatic heterocycles. The van der Waals surface area contributed by atoms with Gasteiger partial charge in [-0.15, -0.1) is 0 Å². The van der Waals surface area contributed by atoms with Crippen molar-refractivity contribution in [1.82, 2.24) is 0 Å². The number of hydrogen-bond acceptors (Lipinski definition) is 4. The van der Waals surface area contributed by atoms with Gasteiger partial charge in [0, 0.05) is 23.3 Å². The number of hydrogen-bond donors (Lipinski definition) is 1. The number of para-hydroxylation sites is 2. The molecule has 6 rings (SSSR count). The highest BCUT2D eigenvalue weighted by Gasteiger charge is 2.42. The molecule has 0 bridgehead atoms. The van der Waals surface area contributed by atoms with Crippen LogP contribution < -0.4 is 15.0 Å². The van der Waals surface area contributed by atoms with Gasteiger partial charge in [-0.2, -0.15) is 0 Å². The molecule has 0 radical (unpaired) electrons. The van der Waals surface area contributed by atoms with E-state index >= 15 is 0 Å². The zero-order valence-electron chi connectivity index (χ0n) is 21.4. The van der Waals surface area contributed by atoms with E-state index in [4.69, 9.17) is 4.74 Å². The van der Waals surface area contributed by atoms with Crippen molar-refractivity contribution in [3.63, 3.8) is 0 Å². The van der Waals surface area contributed by atoms with Gasteiger partial charge in [0.05, 0.1) is 24.5 Å². The van der Waals surface area contributed by atoms with Gasteiger partial charge in [-0.05, 0) is 72.0 Å². The highest BCUT2D eigenvalue weighted by molar-refractivity contribution is 6.12. The maximum absolute atomic E-state index is 14.2. The minimum atomic E-state index is -0.680. The summed E-state index contributed by atoms with van der Waals surface area (Å²) in [5.74, 6) is -0.0431. The average Bonchev–Trinajstić information content (AvgIpc) is 3.12. The van der Waals surface area contributed by atoms with Crippen LogP contribution in [0.5, 0.6) is 5.75 Å². The van der Waals surface area contributed by atoms with E-state index in [1.54, 1.807) is 36.3 Å². The van der Waals surface area contributed by atoms with Gasteiger partial charge < -0.3 is 10.1 Å². The van der Waals surface area contributed by atoms with Crippen molar-refractivity contribution in [2.45, 2.75) is 24.8 Å². The topological polar surface area (TPSA) is 58.6 Å². The number of fused-ring (bicyclic) bond motifs is 1. The van der Waals surface area contributed by atoms with Crippen LogP contribution in [-0.4, -0.2) is 18.8 Å². The molecule has 0 saturated carbocycles. The molecule has 1 heterocycles. The lowest BCUT2D eigenvalue weighted by Crippen LogP contribution is -2.38. The Bertz CT molecular complexity index is 1580. The van der Waals surface area contributed by atoms with Gasteiger partial charge in [-0.1, -0.05) is 54.6 Å². The van der Waals surface area contributed by atoms with Crippen molar-refractivity contribution in [3.05, 3.63) is 137 Å². The Morgan fingerprint density at radius 3 is 2.38 bits per heavy atom. The summed E-state index contributed by atoms with van der Waals surface area (Å²) in [4.78, 5) is 30.1. The average molecular weight is 519 g/mol. The number of Topliss-reactive ketones (excluding diaryl/α,β-unsaturated/α-hetero) is 1. The van der Waals surface area contributed by atoms with Gasteiger partial charge >= 0.3 is 0 Å². The molecule has 194 valence electrons. The number of halogens is 1. The van der Waals surface area contributed by atoms with Crippen LogP contribution in [0.2, 0.25) is 0 Å². The van der Waals surface area contributed by atoms with E-state index in [0.717, 1.165) is 22.5 Å². The van der Waals surface area contributed by atoms with E-state index in [9.17, 15) is 14.0 Å². The lowest BCUT2D eigenvalue weighted by Gasteiger charge is -2.35. The highest BCUT2D eigenvalue weighted by atomic mass is 19.1. The highest BCUT2D eigenvalue weighted by Crippen LogP contribution is 2.48. The van der Waals surface area contributed by atoms with Crippen molar-refractivity contribution in [2.75, 3.05) is 17.3 Å². The summed E-state index contributed by atoms with van der Waals surface area (Å²) in [5, 5.41) is 3.53. The van der Waals surface area contributed by atoms with E-state index in [2.05, 4.69) is 5.32 Å². The van der Waals surface area contributed by atoms with Crippen LogP contribution in [0.4, 0.5) is 15.8 Å². The second-order valence-corrected chi connectivity index (χ2v) is 9.83. The zero-order chi connectivity index (χ0) is 26.9. The normalized spacial score (nSPS) is 18.5. The van der Waals surface area contributed by atoms with Gasteiger partial charge in [-0.25, -0.2) is 4.39 Å². The standard InChI is InChI=1S/C33H27FN2O3/c1-39-26-11-7-10-23(18-26)32-31-28(19-24(20-30(31)37)21-14-16-25(34)17-15-21)35-27-12-5-6-13-29(27)36(32)33(38)22-8-3-2-4-9-22/h2-18,24,32,35H,19-20H2,1H3/t24-,32-/m1/s1. The largest absolute Gasteiger partial charge is 0.497 e. The maximum atomic E-state index is 14.2. The molecule has 5 nitrogen and oxygen atoms in total. The lowest BCUT2D eigenvalue weighted by atomic mass is 9.78. The first-order valence-electron chi connectivity index (χ1n) is 12.9. The van der Waals surface area contributed by atoms with Gasteiger partial charge in [0.15, 0.2) is 5.78 Å². The fourth-order valence-electron chi connectivity index (χ4n) is 5.63. The predicted octanol–water partition coefficient (Wildman–Crippen LogP) is 7.05. The second kappa shape index (κ2) is 10.2. The number of carbonyl (C=O) groups is 2. The number of allylic oxidation sites excluding steroid dienone is 1. The number of rotatable bonds is 4. The Labute approximate surface area is 226 Å². The van der Waals surface area contributed by atoms with Crippen molar-refractivity contribution in [3.8, 4) is 5.75 Å². The number of nitrogens with one attached hydrogen (secondary N) is 1. The SMILES string of the molecule is COc1cccc([C@@H]2C3=C(C[C@@H](c4ccc(F)cc4)CC3=O)Nc3ccccc3N2C(=O)c2ccccc2)c1. The Morgan fingerprint density at radius 2 is 1.62 bits per heavy atom. The molecule has 4 aromatic rings. The summed E-state index contributed by atoms with van der Waals surface area (Å²) >= 11 is 0. The summed E-state index contributed by atoms with van der Waals surface area (Å²) in [7, 11) is 1.60. The molecule has 2 aliphatic rings. The van der Waals surface area contributed by atoms with Crippen molar-refractivity contribution in [1.29, 1.82) is 0 Å². The van der Waals surface area contributed by atoms with E-state index in [0.29, 0.717) is 29.0 Å². The number of anilines is 2. The van der Waals surface area contributed by atoms with Crippen LogP contribution in [-0.2, 0) is 4.79 Å². The number of benzene rings is 4. The summed E-state index contributed by atoms with van der Waals surface area (Å²) in [6, 6.07) is 29.9. The number of ketones is 1. The van der Waals surface area contributed by atoms with Gasteiger partial charge in [-0.3, -0.25) is 14.5 Å². The third-order valence-corrected chi connectivity index (χ3v) is 7.48. The number of carbonyl (C=O) groups excluding carboxylic acids is 2. The minimum absolute atomic E-state index is 0.0513. The van der Waals surface area contributed by atoms with Gasteiger partial charge in [0.2, 0.25) is 0 Å². The van der Waals surface area contributed by atoms with Gasteiger partial charge in [0.1, 0.15) is 11.6 Å². The molecular formula is C33H27FN2O3. The third-order valence-electron chi connectivity index (χ3n) is 7.48. The number of amides is 1. The maximum Gasteiger partial charge on any atom is 0.259 e. The van der Waals surface area contributed by atoms with Crippen LogP contribution in [0.3, 0.4) is 0 Å². The fraction of sp³-hybridized carbons (Fsp3) is 0.152. The van der Waals surface area contributed by atoms with Crippen molar-refractivity contribution >= 4 is 23.1 Å². The Kier molecular flexibility index (Phi) is 6.45. The number of nitrogens with zero attached hydrogens (tertiary/aromatic N) is 1. The Morgan fingerprint density at radius 1 is 0.872 bits per heavy atom. The lowest BCUT2D eigenvalue weighted by molar-refractivity contribution is -0.116. The second-order valence-electron chi connectivity index (χ2n) is 9.83. The van der Waals surface area contributed by atoms with E-state index < -0.39 is 6.04 Å². The van der Waals surface area contributed by atoms with Crippen LogP contribution in [0.1, 0.15) is 46.3 Å². The van der Waals surface area contributed by atoms with Crippen molar-refractivity contribution in [2.24, 2.45) is 0 Å². The summed E-state index contributed by atoms with van der Waals surface area (Å²) in [5.41, 5.74) is 4.96. The molecule has 2 atom stereocenters. The molecule has 6 heteroatoms. The fourth-order valence-corrected chi connectivity index (χ4v) is 5.63. The summed E-state index contributed by atoms with van der Waals surface area (Å²) in [6.45, 7) is 0. The van der Waals surface area contributed by atoms with Gasteiger partial charge in [0.25, 0.3) is 5.91 Å². The number of methoxy groups -OCH3 is 1. The molecule has 4 aromatic carbocycles. The molecule has 0 spiro atoms. The molecule has 0 unspecified atom stereocenters. The Hall–Kier alpha value is -4.71. The van der Waals surface area contributed by atoms with E-state index in [-0.39, 0.29) is 29.8 Å². The molecular weight excluding hydrogens is 491 g/mol. The zero-order valence-corrected chi connectivity index (χ0v) is 21.4. The van der Waals surface area contributed by atoms with E-state index in [1.807, 2.05) is 66.7 Å². The minimum Gasteiger partial charge on any atom is -0.497 e. The molecule has 1 amide bonds. The molecule has 1 N–H and O–H groups in total. The van der Waals surface area contributed by atoms with Crippen LogP contribution in [0.25, 0.3) is 0 Å². The molecule has 1 aliphatic heterocycles. The molecule has 0 saturated heterocycles.